The fourth-order valence-electron chi connectivity index (χ4n) is 1.90. The van der Waals surface area contributed by atoms with Crippen molar-refractivity contribution in [1.29, 1.82) is 0 Å². The predicted molar refractivity (Wildman–Crippen MR) is 68.8 cm³/mol. The Bertz CT molecular complexity index is 505. The Morgan fingerprint density at radius 3 is 2.25 bits per heavy atom. The van der Waals surface area contributed by atoms with Crippen molar-refractivity contribution in [3.05, 3.63) is 47.0 Å². The van der Waals surface area contributed by atoms with Gasteiger partial charge in [0.1, 0.15) is 0 Å². The van der Waals surface area contributed by atoms with Gasteiger partial charge in [0, 0.05) is 10.4 Å². The summed E-state index contributed by atoms with van der Waals surface area (Å²) in [7, 11) is 0. The second-order valence-corrected chi connectivity index (χ2v) is 4.78. The van der Waals surface area contributed by atoms with Crippen LogP contribution in [0.1, 0.15) is 25.5 Å². The van der Waals surface area contributed by atoms with Crippen LogP contribution in [-0.4, -0.2) is 5.11 Å². The molecule has 0 aliphatic rings. The lowest BCUT2D eigenvalue weighted by molar-refractivity contribution is 0.128. The van der Waals surface area contributed by atoms with Crippen LogP contribution in [0, 0.1) is 5.92 Å². The number of fused-ring (bicyclic) bond motifs is 1. The maximum atomic E-state index is 10.1. The van der Waals surface area contributed by atoms with Gasteiger partial charge in [0.15, 0.2) is 0 Å². The molecule has 2 aromatic rings. The fraction of sp³-hybridized carbons (Fsp3) is 0.286. The third-order valence-corrected chi connectivity index (χ3v) is 3.18. The van der Waals surface area contributed by atoms with Gasteiger partial charge in [0.2, 0.25) is 0 Å². The van der Waals surface area contributed by atoms with Crippen molar-refractivity contribution >= 4 is 22.4 Å². The molecule has 0 amide bonds. The van der Waals surface area contributed by atoms with E-state index in [0.29, 0.717) is 0 Å². The van der Waals surface area contributed by atoms with Crippen LogP contribution in [-0.2, 0) is 0 Å². The molecule has 2 rings (SSSR count). The van der Waals surface area contributed by atoms with Gasteiger partial charge in [0.25, 0.3) is 0 Å². The first kappa shape index (κ1) is 11.4. The molecule has 0 aliphatic heterocycles. The van der Waals surface area contributed by atoms with Crippen LogP contribution < -0.4 is 0 Å². The van der Waals surface area contributed by atoms with Crippen LogP contribution in [0.5, 0.6) is 0 Å². The smallest absolute Gasteiger partial charge is 0.0818 e. The zero-order valence-corrected chi connectivity index (χ0v) is 10.2. The molecular formula is C14H15ClO. The Labute approximate surface area is 101 Å². The van der Waals surface area contributed by atoms with Crippen LogP contribution in [0.2, 0.25) is 5.02 Å². The van der Waals surface area contributed by atoms with Crippen LogP contribution in [0.25, 0.3) is 10.8 Å². The fourth-order valence-corrected chi connectivity index (χ4v) is 2.13. The van der Waals surface area contributed by atoms with E-state index in [4.69, 9.17) is 11.6 Å². The van der Waals surface area contributed by atoms with Crippen molar-refractivity contribution in [3.8, 4) is 0 Å². The minimum atomic E-state index is -0.442. The van der Waals surface area contributed by atoms with Crippen molar-refractivity contribution in [1.82, 2.24) is 0 Å². The Balaban J connectivity index is 2.67. The maximum Gasteiger partial charge on any atom is 0.0818 e. The molecule has 0 radical (unpaired) electrons. The molecule has 0 aromatic heterocycles. The van der Waals surface area contributed by atoms with E-state index in [1.807, 2.05) is 50.2 Å². The van der Waals surface area contributed by atoms with E-state index in [9.17, 15) is 5.11 Å². The summed E-state index contributed by atoms with van der Waals surface area (Å²) in [5.74, 6) is 0.199. The predicted octanol–water partition coefficient (Wildman–Crippen LogP) is 4.18. The average Bonchev–Trinajstić information content (AvgIpc) is 2.29. The average molecular weight is 235 g/mol. The number of benzene rings is 2. The van der Waals surface area contributed by atoms with Crippen molar-refractivity contribution in [2.45, 2.75) is 20.0 Å². The first-order valence-electron chi connectivity index (χ1n) is 5.46. The number of rotatable bonds is 2. The molecule has 0 saturated carbocycles. The molecular weight excluding hydrogens is 220 g/mol. The van der Waals surface area contributed by atoms with Crippen LogP contribution >= 0.6 is 11.6 Å². The molecule has 1 atom stereocenters. The number of halogens is 1. The monoisotopic (exact) mass is 234 g/mol. The third-order valence-electron chi connectivity index (χ3n) is 2.85. The molecule has 16 heavy (non-hydrogen) atoms. The highest BCUT2D eigenvalue weighted by Gasteiger charge is 2.15. The number of hydrogen-bond donors (Lipinski definition) is 1. The van der Waals surface area contributed by atoms with Gasteiger partial charge in [-0.25, -0.2) is 0 Å². The first-order valence-corrected chi connectivity index (χ1v) is 5.84. The molecule has 0 heterocycles. The SMILES string of the molecule is CC(C)C(O)c1ccc(Cl)c2ccccc12. The summed E-state index contributed by atoms with van der Waals surface area (Å²) in [6.45, 7) is 4.02. The Morgan fingerprint density at radius 1 is 1.00 bits per heavy atom. The summed E-state index contributed by atoms with van der Waals surface area (Å²) in [6.07, 6.45) is -0.442. The largest absolute Gasteiger partial charge is 0.388 e. The molecule has 0 spiro atoms. The lowest BCUT2D eigenvalue weighted by Gasteiger charge is -2.17. The van der Waals surface area contributed by atoms with Crippen LogP contribution in [0.3, 0.4) is 0 Å². The van der Waals surface area contributed by atoms with Crippen molar-refractivity contribution in [2.24, 2.45) is 5.92 Å². The summed E-state index contributed by atoms with van der Waals surface area (Å²) < 4.78 is 0. The zero-order valence-electron chi connectivity index (χ0n) is 9.44. The summed E-state index contributed by atoms with van der Waals surface area (Å²) in [4.78, 5) is 0. The second kappa shape index (κ2) is 4.44. The summed E-state index contributed by atoms with van der Waals surface area (Å²) >= 11 is 6.13. The minimum absolute atomic E-state index is 0.199. The summed E-state index contributed by atoms with van der Waals surface area (Å²) in [5, 5.41) is 12.9. The normalized spacial score (nSPS) is 13.3. The van der Waals surface area contributed by atoms with E-state index in [2.05, 4.69) is 0 Å². The van der Waals surface area contributed by atoms with Gasteiger partial charge in [0.05, 0.1) is 6.10 Å². The van der Waals surface area contributed by atoms with E-state index in [-0.39, 0.29) is 5.92 Å². The topological polar surface area (TPSA) is 20.2 Å². The number of hydrogen-bond acceptors (Lipinski definition) is 1. The quantitative estimate of drug-likeness (QED) is 0.827. The summed E-state index contributed by atoms with van der Waals surface area (Å²) in [5.41, 5.74) is 0.954. The Hall–Kier alpha value is -1.05. The molecule has 1 unspecified atom stereocenters. The molecule has 0 saturated heterocycles. The van der Waals surface area contributed by atoms with Gasteiger partial charge in [-0.3, -0.25) is 0 Å². The highest BCUT2D eigenvalue weighted by atomic mass is 35.5. The Kier molecular flexibility index (Phi) is 3.17. The first-order chi connectivity index (χ1) is 7.61. The van der Waals surface area contributed by atoms with Crippen molar-refractivity contribution in [3.63, 3.8) is 0 Å². The maximum absolute atomic E-state index is 10.1. The molecule has 2 heteroatoms. The highest BCUT2D eigenvalue weighted by molar-refractivity contribution is 6.35. The number of aliphatic hydroxyl groups is 1. The van der Waals surface area contributed by atoms with Gasteiger partial charge in [-0.1, -0.05) is 55.8 Å². The van der Waals surface area contributed by atoms with Gasteiger partial charge in [-0.05, 0) is 22.9 Å². The molecule has 1 nitrogen and oxygen atoms in total. The minimum Gasteiger partial charge on any atom is -0.388 e. The van der Waals surface area contributed by atoms with E-state index >= 15 is 0 Å². The van der Waals surface area contributed by atoms with Crippen LogP contribution in [0.15, 0.2) is 36.4 Å². The van der Waals surface area contributed by atoms with E-state index in [0.717, 1.165) is 21.4 Å². The molecule has 0 aliphatic carbocycles. The van der Waals surface area contributed by atoms with Gasteiger partial charge in [-0.2, -0.15) is 0 Å². The molecule has 2 aromatic carbocycles. The second-order valence-electron chi connectivity index (χ2n) is 4.37. The van der Waals surface area contributed by atoms with Gasteiger partial charge in [-0.15, -0.1) is 0 Å². The van der Waals surface area contributed by atoms with Crippen molar-refractivity contribution in [2.75, 3.05) is 0 Å². The third kappa shape index (κ3) is 1.93. The van der Waals surface area contributed by atoms with Crippen molar-refractivity contribution < 1.29 is 5.11 Å². The molecule has 1 N–H and O–H groups in total. The van der Waals surface area contributed by atoms with Gasteiger partial charge < -0.3 is 5.11 Å². The standard InChI is InChI=1S/C14H15ClO/c1-9(2)14(16)12-7-8-13(15)11-6-4-3-5-10(11)12/h3-9,14,16H,1-2H3. The Morgan fingerprint density at radius 2 is 1.62 bits per heavy atom. The molecule has 0 fully saturated rings. The van der Waals surface area contributed by atoms with E-state index < -0.39 is 6.10 Å². The van der Waals surface area contributed by atoms with Gasteiger partial charge >= 0.3 is 0 Å². The number of aliphatic hydroxyl groups excluding tert-OH is 1. The lowest BCUT2D eigenvalue weighted by atomic mass is 9.94. The highest BCUT2D eigenvalue weighted by Crippen LogP contribution is 2.32. The van der Waals surface area contributed by atoms with E-state index in [1.54, 1.807) is 0 Å². The van der Waals surface area contributed by atoms with Crippen LogP contribution in [0.4, 0.5) is 0 Å². The molecule has 0 bridgehead atoms. The summed E-state index contributed by atoms with van der Waals surface area (Å²) in [6, 6.07) is 11.7. The van der Waals surface area contributed by atoms with E-state index in [1.165, 1.54) is 0 Å². The zero-order chi connectivity index (χ0) is 11.7. The molecule has 84 valence electrons. The lowest BCUT2D eigenvalue weighted by Crippen LogP contribution is -2.05.